The Labute approximate surface area is 92.2 Å². The lowest BCUT2D eigenvalue weighted by Crippen LogP contribution is -2.31. The molecule has 1 aromatic carbocycles. The fourth-order valence-corrected chi connectivity index (χ4v) is 2.31. The van der Waals surface area contributed by atoms with Gasteiger partial charge >= 0.3 is 0 Å². The molecule has 0 aromatic heterocycles. The van der Waals surface area contributed by atoms with Crippen LogP contribution in [0.5, 0.6) is 5.75 Å². The average molecular weight is 251 g/mol. The topological polar surface area (TPSA) is 57.6 Å². The van der Waals surface area contributed by atoms with Crippen molar-refractivity contribution in [3.8, 4) is 5.75 Å². The molecule has 1 aromatic rings. The Hall–Kier alpha value is -1.21. The van der Waals surface area contributed by atoms with Gasteiger partial charge in [0.25, 0.3) is 6.43 Å². The van der Waals surface area contributed by atoms with Crippen molar-refractivity contribution in [3.05, 3.63) is 24.3 Å². The number of phenolic OH excluding ortho intramolecular Hbond substituents is 1. The summed E-state index contributed by atoms with van der Waals surface area (Å²) < 4.78 is 48.1. The Morgan fingerprint density at radius 2 is 2.06 bits per heavy atom. The Morgan fingerprint density at radius 1 is 1.44 bits per heavy atom. The van der Waals surface area contributed by atoms with Gasteiger partial charge in [-0.2, -0.15) is 4.31 Å². The third-order valence-corrected chi connectivity index (χ3v) is 3.74. The number of halogens is 2. The van der Waals surface area contributed by atoms with E-state index in [1.165, 1.54) is 18.2 Å². The first-order valence-electron chi connectivity index (χ1n) is 4.37. The van der Waals surface area contributed by atoms with Gasteiger partial charge < -0.3 is 5.11 Å². The number of hydrogen-bond acceptors (Lipinski definition) is 3. The lowest BCUT2D eigenvalue weighted by Gasteiger charge is -2.16. The van der Waals surface area contributed by atoms with Gasteiger partial charge in [0, 0.05) is 7.05 Å². The van der Waals surface area contributed by atoms with Gasteiger partial charge in [-0.1, -0.05) is 6.07 Å². The summed E-state index contributed by atoms with van der Waals surface area (Å²) in [5.74, 6) is -0.230. The Bertz CT molecular complexity index is 462. The summed E-state index contributed by atoms with van der Waals surface area (Å²) in [4.78, 5) is -0.212. The van der Waals surface area contributed by atoms with Crippen molar-refractivity contribution in [3.63, 3.8) is 0 Å². The predicted molar refractivity (Wildman–Crippen MR) is 53.9 cm³/mol. The van der Waals surface area contributed by atoms with Crippen LogP contribution in [0.4, 0.5) is 8.78 Å². The van der Waals surface area contributed by atoms with Crippen LogP contribution in [0.15, 0.2) is 29.2 Å². The zero-order chi connectivity index (χ0) is 12.3. The molecule has 0 heterocycles. The van der Waals surface area contributed by atoms with Crippen LogP contribution < -0.4 is 0 Å². The van der Waals surface area contributed by atoms with Crippen LogP contribution >= 0.6 is 0 Å². The summed E-state index contributed by atoms with van der Waals surface area (Å²) in [6.07, 6.45) is -2.74. The Morgan fingerprint density at radius 3 is 2.56 bits per heavy atom. The molecule has 0 aliphatic carbocycles. The number of aromatic hydroxyl groups is 1. The second-order valence-electron chi connectivity index (χ2n) is 3.17. The van der Waals surface area contributed by atoms with Gasteiger partial charge in [0.05, 0.1) is 11.4 Å². The molecule has 0 spiro atoms. The maximum absolute atomic E-state index is 12.1. The molecule has 0 atom stereocenters. The summed E-state index contributed by atoms with van der Waals surface area (Å²) in [5, 5.41) is 9.11. The average Bonchev–Trinajstić information content (AvgIpc) is 2.16. The van der Waals surface area contributed by atoms with Crippen LogP contribution in [-0.2, 0) is 10.0 Å². The molecule has 0 aliphatic heterocycles. The fourth-order valence-electron chi connectivity index (χ4n) is 1.12. The van der Waals surface area contributed by atoms with Crippen molar-refractivity contribution in [1.29, 1.82) is 0 Å². The van der Waals surface area contributed by atoms with Gasteiger partial charge in [0.2, 0.25) is 10.0 Å². The normalized spacial score (nSPS) is 12.3. The maximum Gasteiger partial charge on any atom is 0.252 e. The molecular formula is C9H11F2NO3S. The first-order valence-corrected chi connectivity index (χ1v) is 5.81. The van der Waals surface area contributed by atoms with Crippen LogP contribution in [0.2, 0.25) is 0 Å². The number of phenols is 1. The molecule has 0 aliphatic rings. The van der Waals surface area contributed by atoms with Crippen LogP contribution in [0.3, 0.4) is 0 Å². The highest BCUT2D eigenvalue weighted by Gasteiger charge is 2.23. The molecule has 1 N–H and O–H groups in total. The quantitative estimate of drug-likeness (QED) is 0.877. The molecule has 0 saturated carbocycles. The molecule has 0 radical (unpaired) electrons. The maximum atomic E-state index is 12.1. The molecule has 16 heavy (non-hydrogen) atoms. The highest BCUT2D eigenvalue weighted by atomic mass is 32.2. The zero-order valence-corrected chi connectivity index (χ0v) is 9.29. The summed E-state index contributed by atoms with van der Waals surface area (Å²) >= 11 is 0. The molecule has 1 rings (SSSR count). The van der Waals surface area contributed by atoms with Crippen molar-refractivity contribution in [1.82, 2.24) is 4.31 Å². The molecule has 0 amide bonds. The SMILES string of the molecule is CN(CC(F)F)S(=O)(=O)c1cccc(O)c1. The highest BCUT2D eigenvalue weighted by molar-refractivity contribution is 7.89. The van der Waals surface area contributed by atoms with Crippen molar-refractivity contribution in [2.45, 2.75) is 11.3 Å². The number of rotatable bonds is 4. The zero-order valence-electron chi connectivity index (χ0n) is 8.47. The third kappa shape index (κ3) is 2.89. The van der Waals surface area contributed by atoms with Gasteiger partial charge in [-0.25, -0.2) is 17.2 Å². The van der Waals surface area contributed by atoms with Gasteiger partial charge in [-0.15, -0.1) is 0 Å². The van der Waals surface area contributed by atoms with E-state index < -0.39 is 23.0 Å². The van der Waals surface area contributed by atoms with Crippen LogP contribution in [0.25, 0.3) is 0 Å². The number of hydrogen-bond donors (Lipinski definition) is 1. The molecular weight excluding hydrogens is 240 g/mol. The van der Waals surface area contributed by atoms with E-state index in [-0.39, 0.29) is 10.6 Å². The first-order chi connectivity index (χ1) is 7.34. The summed E-state index contributed by atoms with van der Waals surface area (Å²) in [6.45, 7) is -0.877. The smallest absolute Gasteiger partial charge is 0.252 e. The molecule has 0 bridgehead atoms. The van der Waals surface area contributed by atoms with E-state index in [0.717, 1.165) is 13.1 Å². The van der Waals surface area contributed by atoms with Crippen molar-refractivity contribution in [2.24, 2.45) is 0 Å². The van der Waals surface area contributed by atoms with Gasteiger partial charge in [0.1, 0.15) is 5.75 Å². The largest absolute Gasteiger partial charge is 0.508 e. The van der Waals surface area contributed by atoms with E-state index >= 15 is 0 Å². The molecule has 7 heteroatoms. The summed E-state index contributed by atoms with van der Waals surface area (Å²) in [6, 6.07) is 4.87. The van der Waals surface area contributed by atoms with Crippen LogP contribution in [-0.4, -0.2) is 37.8 Å². The number of alkyl halides is 2. The second-order valence-corrected chi connectivity index (χ2v) is 5.22. The summed E-state index contributed by atoms with van der Waals surface area (Å²) in [7, 11) is -2.90. The highest BCUT2D eigenvalue weighted by Crippen LogP contribution is 2.19. The standard InChI is InChI=1S/C9H11F2NO3S/c1-12(6-9(10)11)16(14,15)8-4-2-3-7(13)5-8/h2-5,9,13H,6H2,1H3. The fraction of sp³-hybridized carbons (Fsp3) is 0.333. The predicted octanol–water partition coefficient (Wildman–Crippen LogP) is 1.28. The van der Waals surface area contributed by atoms with Crippen molar-refractivity contribution < 1.29 is 22.3 Å². The minimum absolute atomic E-state index is 0.212. The van der Waals surface area contributed by atoms with Crippen LogP contribution in [0.1, 0.15) is 0 Å². The third-order valence-electron chi connectivity index (χ3n) is 1.92. The van der Waals surface area contributed by atoms with E-state index in [1.807, 2.05) is 0 Å². The molecule has 0 unspecified atom stereocenters. The van der Waals surface area contributed by atoms with Gasteiger partial charge in [-0.3, -0.25) is 0 Å². The summed E-state index contributed by atoms with van der Waals surface area (Å²) in [5.41, 5.74) is 0. The molecule has 0 saturated heterocycles. The van der Waals surface area contributed by atoms with E-state index in [2.05, 4.69) is 0 Å². The Balaban J connectivity index is 3.02. The number of benzene rings is 1. The number of nitrogens with zero attached hydrogens (tertiary/aromatic N) is 1. The van der Waals surface area contributed by atoms with E-state index in [9.17, 15) is 17.2 Å². The molecule has 4 nitrogen and oxygen atoms in total. The Kier molecular flexibility index (Phi) is 3.82. The van der Waals surface area contributed by atoms with Gasteiger partial charge in [0.15, 0.2) is 0 Å². The molecule has 90 valence electrons. The molecule has 0 fully saturated rings. The lowest BCUT2D eigenvalue weighted by molar-refractivity contribution is 0.126. The monoisotopic (exact) mass is 251 g/mol. The van der Waals surface area contributed by atoms with E-state index in [0.29, 0.717) is 4.31 Å². The van der Waals surface area contributed by atoms with E-state index in [4.69, 9.17) is 5.11 Å². The van der Waals surface area contributed by atoms with Crippen molar-refractivity contribution in [2.75, 3.05) is 13.6 Å². The first kappa shape index (κ1) is 12.9. The van der Waals surface area contributed by atoms with E-state index in [1.54, 1.807) is 0 Å². The minimum Gasteiger partial charge on any atom is -0.508 e. The van der Waals surface area contributed by atoms with Crippen LogP contribution in [0, 0.1) is 0 Å². The second kappa shape index (κ2) is 4.75. The minimum atomic E-state index is -3.96. The van der Waals surface area contributed by atoms with Crippen molar-refractivity contribution >= 4 is 10.0 Å². The number of sulfonamides is 1. The van der Waals surface area contributed by atoms with Gasteiger partial charge in [-0.05, 0) is 18.2 Å². The lowest BCUT2D eigenvalue weighted by atomic mass is 10.3.